The second-order valence-electron chi connectivity index (χ2n) is 13.9. The van der Waals surface area contributed by atoms with E-state index in [4.69, 9.17) is 5.73 Å². The fourth-order valence-corrected chi connectivity index (χ4v) is 7.86. The van der Waals surface area contributed by atoms with Crippen LogP contribution in [-0.4, -0.2) is 96.9 Å². The first-order chi connectivity index (χ1) is 26.2. The number of piperidine rings is 2. The highest BCUT2D eigenvalue weighted by molar-refractivity contribution is 8.00. The number of aromatic nitrogens is 5. The summed E-state index contributed by atoms with van der Waals surface area (Å²) in [7, 11) is 0. The third-order valence-corrected chi connectivity index (χ3v) is 11.3. The Kier molecular flexibility index (Phi) is 12.0. The van der Waals surface area contributed by atoms with E-state index < -0.39 is 0 Å². The number of thioether (sulfide) groups is 1. The van der Waals surface area contributed by atoms with Gasteiger partial charge in [-0.05, 0) is 100 Å². The molecule has 0 unspecified atom stereocenters. The maximum Gasteiger partial charge on any atom is 0.269 e. The van der Waals surface area contributed by atoms with Crippen molar-refractivity contribution < 1.29 is 13.6 Å². The lowest BCUT2D eigenvalue weighted by atomic mass is 10.0. The summed E-state index contributed by atoms with van der Waals surface area (Å²) < 4.78 is 30.3. The quantitative estimate of drug-likeness (QED) is 0.203. The van der Waals surface area contributed by atoms with Gasteiger partial charge in [0, 0.05) is 44.8 Å². The molecule has 2 aromatic carbocycles. The molecule has 2 saturated heterocycles. The van der Waals surface area contributed by atoms with E-state index in [1.54, 1.807) is 21.3 Å². The van der Waals surface area contributed by atoms with Crippen LogP contribution < -0.4 is 27.5 Å². The number of halogens is 2. The second-order valence-corrected chi connectivity index (χ2v) is 14.9. The number of amides is 1. The third kappa shape index (κ3) is 9.36. The number of hydrogen-bond donors (Lipinski definition) is 3. The molecule has 0 spiro atoms. The molecule has 0 bridgehead atoms. The third-order valence-electron chi connectivity index (χ3n) is 10.2. The summed E-state index contributed by atoms with van der Waals surface area (Å²) >= 11 is 1.51. The highest BCUT2D eigenvalue weighted by atomic mass is 32.2. The molecule has 5 aromatic rings. The predicted octanol–water partition coefficient (Wildman–Crippen LogP) is 3.19. The lowest BCUT2D eigenvalue weighted by Crippen LogP contribution is -2.43. The number of carbonyl (C=O) groups excluding carboxylic acids is 1. The number of pyridine rings is 1. The summed E-state index contributed by atoms with van der Waals surface area (Å²) in [5.41, 5.74) is 8.74. The van der Waals surface area contributed by atoms with E-state index in [9.17, 15) is 23.2 Å². The first kappa shape index (κ1) is 37.7. The summed E-state index contributed by atoms with van der Waals surface area (Å²) in [5, 5.41) is 6.41. The first-order valence-electron chi connectivity index (χ1n) is 18.3. The standard InChI is InChI=1S/C23H25FN6O2S.C15H19FN4O/c24-15-1-3-18-19(11-15)30(22(32)13-26-18)10-9-29-7-5-16(6-8-29)25-12-17-2-4-20-23(27-17)28-21(31)14-33-20;16-11-1-2-13-14(9-11)20(15(21)10-18-13)8-7-19-5-3-12(17)4-6-19/h1-4,11,13,16,25H,5-10,12,14H2,(H,27,28,31);1-2,9-10,12H,3-8,17H2. The zero-order chi connectivity index (χ0) is 37.6. The van der Waals surface area contributed by atoms with Gasteiger partial charge in [-0.15, -0.1) is 11.8 Å². The van der Waals surface area contributed by atoms with Crippen molar-refractivity contribution in [3.05, 3.63) is 99.0 Å². The predicted molar refractivity (Wildman–Crippen MR) is 205 cm³/mol. The van der Waals surface area contributed by atoms with Crippen LogP contribution in [0.3, 0.4) is 0 Å². The van der Waals surface area contributed by atoms with Gasteiger partial charge >= 0.3 is 0 Å². The summed E-state index contributed by atoms with van der Waals surface area (Å²) in [6.45, 7) is 6.94. The lowest BCUT2D eigenvalue weighted by molar-refractivity contribution is -0.113. The van der Waals surface area contributed by atoms with Gasteiger partial charge in [0.05, 0.1) is 50.8 Å². The maximum atomic E-state index is 13.7. The van der Waals surface area contributed by atoms with E-state index in [-0.39, 0.29) is 28.7 Å². The Hall–Kier alpha value is -4.61. The van der Waals surface area contributed by atoms with Crippen LogP contribution >= 0.6 is 11.8 Å². The van der Waals surface area contributed by atoms with Crippen molar-refractivity contribution >= 4 is 45.6 Å². The van der Waals surface area contributed by atoms with Gasteiger partial charge in [-0.3, -0.25) is 14.4 Å². The molecule has 2 fully saturated rings. The minimum absolute atomic E-state index is 0.00959. The van der Waals surface area contributed by atoms with E-state index in [1.165, 1.54) is 48.4 Å². The Labute approximate surface area is 315 Å². The average molecular weight is 759 g/mol. The Morgan fingerprint density at radius 2 is 1.31 bits per heavy atom. The van der Waals surface area contributed by atoms with Crippen molar-refractivity contribution in [1.29, 1.82) is 0 Å². The molecule has 0 saturated carbocycles. The number of fused-ring (bicyclic) bond motifs is 3. The van der Waals surface area contributed by atoms with Gasteiger partial charge in [0.15, 0.2) is 0 Å². The number of benzene rings is 2. The monoisotopic (exact) mass is 758 g/mol. The van der Waals surface area contributed by atoms with Crippen LogP contribution in [0.1, 0.15) is 31.4 Å². The van der Waals surface area contributed by atoms with Crippen molar-refractivity contribution in [1.82, 2.24) is 39.2 Å². The first-order valence-corrected chi connectivity index (χ1v) is 19.3. The van der Waals surface area contributed by atoms with Gasteiger partial charge in [0.2, 0.25) is 5.91 Å². The van der Waals surface area contributed by atoms with Crippen LogP contribution in [0.15, 0.2) is 75.4 Å². The summed E-state index contributed by atoms with van der Waals surface area (Å²) in [5.74, 6) is 0.361. The highest BCUT2D eigenvalue weighted by Gasteiger charge is 2.21. The molecule has 0 aliphatic carbocycles. The van der Waals surface area contributed by atoms with Gasteiger partial charge < -0.3 is 35.3 Å². The normalized spacial score (nSPS) is 17.3. The van der Waals surface area contributed by atoms with Crippen molar-refractivity contribution in [2.24, 2.45) is 5.73 Å². The molecule has 284 valence electrons. The van der Waals surface area contributed by atoms with Crippen molar-refractivity contribution in [2.75, 3.05) is 50.3 Å². The van der Waals surface area contributed by atoms with E-state index in [0.717, 1.165) is 75.5 Å². The molecule has 4 N–H and O–H groups in total. The van der Waals surface area contributed by atoms with Gasteiger partial charge in [-0.25, -0.2) is 23.7 Å². The van der Waals surface area contributed by atoms with E-state index in [2.05, 4.69) is 35.4 Å². The van der Waals surface area contributed by atoms with E-state index in [1.807, 2.05) is 12.1 Å². The Bertz CT molecular complexity index is 2240. The Morgan fingerprint density at radius 1 is 0.759 bits per heavy atom. The van der Waals surface area contributed by atoms with Crippen LogP contribution in [0.5, 0.6) is 0 Å². The molecular weight excluding hydrogens is 715 g/mol. The minimum Gasteiger partial charge on any atom is -0.328 e. The number of hydrogen-bond acceptors (Lipinski definition) is 11. The number of nitrogens with two attached hydrogens (primary N) is 1. The van der Waals surface area contributed by atoms with Crippen LogP contribution in [0.25, 0.3) is 22.1 Å². The molecule has 16 heteroatoms. The number of rotatable bonds is 9. The molecule has 1 amide bonds. The number of likely N-dealkylation sites (tertiary alicyclic amines) is 2. The lowest BCUT2D eigenvalue weighted by Gasteiger charge is -2.32. The molecule has 3 aromatic heterocycles. The number of carbonyl (C=O) groups is 1. The van der Waals surface area contributed by atoms with Gasteiger partial charge in [-0.1, -0.05) is 0 Å². The van der Waals surface area contributed by atoms with Crippen LogP contribution in [0.2, 0.25) is 0 Å². The zero-order valence-electron chi connectivity index (χ0n) is 29.9. The summed E-state index contributed by atoms with van der Waals surface area (Å²) in [6, 6.07) is 13.4. The van der Waals surface area contributed by atoms with Gasteiger partial charge in [0.1, 0.15) is 17.5 Å². The fourth-order valence-electron chi connectivity index (χ4n) is 7.10. The van der Waals surface area contributed by atoms with Crippen molar-refractivity contribution in [3.8, 4) is 0 Å². The smallest absolute Gasteiger partial charge is 0.269 e. The average Bonchev–Trinajstić information content (AvgIpc) is 3.17. The summed E-state index contributed by atoms with van der Waals surface area (Å²) in [6.07, 6.45) is 6.57. The Balaban J connectivity index is 0.000000184. The highest BCUT2D eigenvalue weighted by Crippen LogP contribution is 2.29. The number of nitrogens with zero attached hydrogens (tertiary/aromatic N) is 7. The van der Waals surface area contributed by atoms with Crippen LogP contribution in [-0.2, 0) is 24.4 Å². The largest absolute Gasteiger partial charge is 0.328 e. The SMILES string of the molecule is NC1CCN(CCn2c(=O)cnc3ccc(F)cc32)CC1.O=C1CSc2ccc(CNC3CCN(CCn4c(=O)cnc5ccc(F)cc54)CC3)nc2N1. The number of nitrogens with one attached hydrogen (secondary N) is 2. The fraction of sp³-hybridized carbons (Fsp3) is 0.421. The molecule has 0 atom stereocenters. The van der Waals surface area contributed by atoms with Crippen LogP contribution in [0.4, 0.5) is 14.6 Å². The number of anilines is 1. The van der Waals surface area contributed by atoms with E-state index >= 15 is 0 Å². The minimum atomic E-state index is -0.370. The van der Waals surface area contributed by atoms with Crippen molar-refractivity contribution in [3.63, 3.8) is 0 Å². The molecule has 6 heterocycles. The van der Waals surface area contributed by atoms with Crippen LogP contribution in [0, 0.1) is 11.6 Å². The second kappa shape index (κ2) is 17.2. The topological polar surface area (TPSA) is 156 Å². The molecule has 8 rings (SSSR count). The van der Waals surface area contributed by atoms with Gasteiger partial charge in [0.25, 0.3) is 11.1 Å². The molecule has 0 radical (unpaired) electrons. The molecular formula is C38H44F2N10O3S. The summed E-state index contributed by atoms with van der Waals surface area (Å²) in [4.78, 5) is 54.3. The van der Waals surface area contributed by atoms with Crippen molar-refractivity contribution in [2.45, 2.75) is 62.3 Å². The van der Waals surface area contributed by atoms with E-state index in [0.29, 0.717) is 65.4 Å². The van der Waals surface area contributed by atoms with Gasteiger partial charge in [-0.2, -0.15) is 0 Å². The zero-order valence-corrected chi connectivity index (χ0v) is 30.7. The maximum absolute atomic E-state index is 13.7. The molecule has 13 nitrogen and oxygen atoms in total. The Morgan fingerprint density at radius 3 is 1.89 bits per heavy atom. The molecule has 3 aliphatic rings. The molecule has 54 heavy (non-hydrogen) atoms. The molecule has 3 aliphatic heterocycles.